The SMILES string of the molecule is COC(C)CC(C)(C)CNC(C)(C)C. The normalized spacial score (nSPS) is 15.6. The van der Waals surface area contributed by atoms with E-state index in [-0.39, 0.29) is 5.54 Å². The molecule has 0 aliphatic heterocycles. The van der Waals surface area contributed by atoms with Gasteiger partial charge in [0.25, 0.3) is 0 Å². The minimum Gasteiger partial charge on any atom is -0.382 e. The fourth-order valence-corrected chi connectivity index (χ4v) is 1.44. The molecule has 0 amide bonds. The van der Waals surface area contributed by atoms with Gasteiger partial charge in [-0.1, -0.05) is 13.8 Å². The molecule has 0 saturated carbocycles. The molecule has 0 aromatic carbocycles. The highest BCUT2D eigenvalue weighted by molar-refractivity contribution is 4.79. The maximum Gasteiger partial charge on any atom is 0.0548 e. The van der Waals surface area contributed by atoms with Crippen molar-refractivity contribution in [3.8, 4) is 0 Å². The largest absolute Gasteiger partial charge is 0.382 e. The minimum atomic E-state index is 0.202. The average Bonchev–Trinajstić information content (AvgIpc) is 1.99. The molecule has 0 aliphatic rings. The van der Waals surface area contributed by atoms with Gasteiger partial charge in [0, 0.05) is 19.2 Å². The van der Waals surface area contributed by atoms with Crippen molar-refractivity contribution < 1.29 is 4.74 Å². The Hall–Kier alpha value is -0.0800. The van der Waals surface area contributed by atoms with Gasteiger partial charge in [0.05, 0.1) is 6.10 Å². The third kappa shape index (κ3) is 7.34. The second-order valence-corrected chi connectivity index (χ2v) is 6.02. The van der Waals surface area contributed by atoms with Crippen molar-refractivity contribution in [2.75, 3.05) is 13.7 Å². The molecule has 0 bridgehead atoms. The van der Waals surface area contributed by atoms with Crippen molar-refractivity contribution in [3.05, 3.63) is 0 Å². The molecule has 2 nitrogen and oxygen atoms in total. The van der Waals surface area contributed by atoms with E-state index < -0.39 is 0 Å². The van der Waals surface area contributed by atoms with E-state index in [1.54, 1.807) is 7.11 Å². The number of nitrogens with one attached hydrogen (secondary N) is 1. The van der Waals surface area contributed by atoms with Crippen molar-refractivity contribution in [2.24, 2.45) is 5.41 Å². The van der Waals surface area contributed by atoms with Crippen molar-refractivity contribution in [3.63, 3.8) is 0 Å². The van der Waals surface area contributed by atoms with Crippen LogP contribution in [0.2, 0.25) is 0 Å². The van der Waals surface area contributed by atoms with Gasteiger partial charge < -0.3 is 10.1 Å². The van der Waals surface area contributed by atoms with Crippen LogP contribution in [0.25, 0.3) is 0 Å². The van der Waals surface area contributed by atoms with Crippen LogP contribution in [0.4, 0.5) is 0 Å². The van der Waals surface area contributed by atoms with E-state index in [2.05, 4.69) is 46.9 Å². The quantitative estimate of drug-likeness (QED) is 0.738. The Bertz CT molecular complexity index is 158. The Kier molecular flexibility index (Phi) is 5.10. The van der Waals surface area contributed by atoms with E-state index in [0.717, 1.165) is 13.0 Å². The van der Waals surface area contributed by atoms with Crippen LogP contribution in [-0.4, -0.2) is 25.3 Å². The summed E-state index contributed by atoms with van der Waals surface area (Å²) in [5, 5.41) is 3.54. The lowest BCUT2D eigenvalue weighted by molar-refractivity contribution is 0.0731. The number of hydrogen-bond donors (Lipinski definition) is 1. The molecule has 0 aromatic heterocycles. The van der Waals surface area contributed by atoms with Crippen molar-refractivity contribution >= 4 is 0 Å². The monoisotopic (exact) mass is 201 g/mol. The summed E-state index contributed by atoms with van der Waals surface area (Å²) in [6.45, 7) is 14.3. The van der Waals surface area contributed by atoms with Crippen molar-refractivity contribution in [2.45, 2.75) is 59.6 Å². The second-order valence-electron chi connectivity index (χ2n) is 6.02. The lowest BCUT2D eigenvalue weighted by Gasteiger charge is -2.32. The first kappa shape index (κ1) is 13.9. The molecular formula is C12H27NO. The number of hydrogen-bond acceptors (Lipinski definition) is 2. The summed E-state index contributed by atoms with van der Waals surface area (Å²) in [7, 11) is 1.78. The molecule has 0 saturated heterocycles. The van der Waals surface area contributed by atoms with Crippen LogP contribution in [0.5, 0.6) is 0 Å². The van der Waals surface area contributed by atoms with E-state index in [0.29, 0.717) is 11.5 Å². The van der Waals surface area contributed by atoms with Crippen molar-refractivity contribution in [1.29, 1.82) is 0 Å². The third-order valence-corrected chi connectivity index (χ3v) is 2.34. The Balaban J connectivity index is 3.95. The highest BCUT2D eigenvalue weighted by Gasteiger charge is 2.23. The van der Waals surface area contributed by atoms with Gasteiger partial charge >= 0.3 is 0 Å². The summed E-state index contributed by atoms with van der Waals surface area (Å²) >= 11 is 0. The topological polar surface area (TPSA) is 21.3 Å². The van der Waals surface area contributed by atoms with Gasteiger partial charge in [-0.3, -0.25) is 0 Å². The molecular weight excluding hydrogens is 174 g/mol. The molecule has 0 fully saturated rings. The average molecular weight is 201 g/mol. The van der Waals surface area contributed by atoms with Gasteiger partial charge in [-0.25, -0.2) is 0 Å². The zero-order valence-corrected chi connectivity index (χ0v) is 10.9. The van der Waals surface area contributed by atoms with Crippen LogP contribution in [-0.2, 0) is 4.74 Å². The Labute approximate surface area is 89.4 Å². The van der Waals surface area contributed by atoms with Gasteiger partial charge in [-0.2, -0.15) is 0 Å². The Morgan fingerprint density at radius 3 is 2.00 bits per heavy atom. The van der Waals surface area contributed by atoms with Crippen LogP contribution in [0.15, 0.2) is 0 Å². The van der Waals surface area contributed by atoms with Gasteiger partial charge in [0.2, 0.25) is 0 Å². The zero-order valence-electron chi connectivity index (χ0n) is 10.9. The van der Waals surface area contributed by atoms with Gasteiger partial charge in [0.15, 0.2) is 0 Å². The highest BCUT2D eigenvalue weighted by atomic mass is 16.5. The smallest absolute Gasteiger partial charge is 0.0548 e. The number of ether oxygens (including phenoxy) is 1. The Morgan fingerprint density at radius 2 is 1.64 bits per heavy atom. The lowest BCUT2D eigenvalue weighted by Crippen LogP contribution is -2.42. The summed E-state index contributed by atoms with van der Waals surface area (Å²) < 4.78 is 5.29. The van der Waals surface area contributed by atoms with E-state index in [1.165, 1.54) is 0 Å². The standard InChI is InChI=1S/C12H27NO/c1-10(14-7)8-12(5,6)9-13-11(2,3)4/h10,13H,8-9H2,1-7H3. The molecule has 0 aromatic rings. The molecule has 86 valence electrons. The molecule has 1 atom stereocenters. The summed E-state index contributed by atoms with van der Waals surface area (Å²) in [5.41, 5.74) is 0.496. The molecule has 2 heteroatoms. The molecule has 0 spiro atoms. The van der Waals surface area contributed by atoms with Crippen LogP contribution in [0.1, 0.15) is 48.0 Å². The van der Waals surface area contributed by atoms with E-state index >= 15 is 0 Å². The fourth-order valence-electron chi connectivity index (χ4n) is 1.44. The molecule has 0 radical (unpaired) electrons. The lowest BCUT2D eigenvalue weighted by atomic mass is 9.86. The maximum absolute atomic E-state index is 5.29. The molecule has 1 N–H and O–H groups in total. The molecule has 0 rings (SSSR count). The summed E-state index contributed by atoms with van der Waals surface area (Å²) in [6, 6.07) is 0. The molecule has 1 unspecified atom stereocenters. The second kappa shape index (κ2) is 5.13. The van der Waals surface area contributed by atoms with Gasteiger partial charge in [0.1, 0.15) is 0 Å². The predicted molar refractivity (Wildman–Crippen MR) is 62.6 cm³/mol. The molecule has 0 heterocycles. The summed E-state index contributed by atoms with van der Waals surface area (Å²) in [5.74, 6) is 0. The van der Waals surface area contributed by atoms with Crippen LogP contribution in [0, 0.1) is 5.41 Å². The predicted octanol–water partition coefficient (Wildman–Crippen LogP) is 2.83. The molecule has 0 aliphatic carbocycles. The first-order valence-electron chi connectivity index (χ1n) is 5.44. The zero-order chi connectivity index (χ0) is 11.4. The van der Waals surface area contributed by atoms with Gasteiger partial charge in [-0.05, 0) is 39.5 Å². The first-order chi connectivity index (χ1) is 6.16. The summed E-state index contributed by atoms with van der Waals surface area (Å²) in [4.78, 5) is 0. The number of methoxy groups -OCH3 is 1. The first-order valence-corrected chi connectivity index (χ1v) is 5.44. The number of rotatable bonds is 5. The summed E-state index contributed by atoms with van der Waals surface area (Å²) in [6.07, 6.45) is 1.43. The van der Waals surface area contributed by atoms with Gasteiger partial charge in [-0.15, -0.1) is 0 Å². The van der Waals surface area contributed by atoms with E-state index in [9.17, 15) is 0 Å². The van der Waals surface area contributed by atoms with E-state index in [1.807, 2.05) is 0 Å². The Morgan fingerprint density at radius 1 is 1.14 bits per heavy atom. The van der Waals surface area contributed by atoms with Crippen LogP contribution < -0.4 is 5.32 Å². The molecule has 14 heavy (non-hydrogen) atoms. The van der Waals surface area contributed by atoms with Crippen LogP contribution in [0.3, 0.4) is 0 Å². The third-order valence-electron chi connectivity index (χ3n) is 2.34. The highest BCUT2D eigenvalue weighted by Crippen LogP contribution is 2.23. The van der Waals surface area contributed by atoms with Crippen molar-refractivity contribution in [1.82, 2.24) is 5.32 Å². The minimum absolute atomic E-state index is 0.202. The van der Waals surface area contributed by atoms with Crippen LogP contribution >= 0.6 is 0 Å². The fraction of sp³-hybridized carbons (Fsp3) is 1.00. The maximum atomic E-state index is 5.29. The van der Waals surface area contributed by atoms with E-state index in [4.69, 9.17) is 4.74 Å².